The van der Waals surface area contributed by atoms with E-state index < -0.39 is 0 Å². The van der Waals surface area contributed by atoms with E-state index in [9.17, 15) is 9.59 Å². The van der Waals surface area contributed by atoms with E-state index in [1.165, 1.54) is 10.6 Å². The standard InChI is InChI=1S/C18H22ClN3O2/c1-20(2)10-11-22(13-14-4-6-16(19)7-5-14)18(24)15-8-9-21(3)17(23)12-15/h4-9,12H,10-11,13H2,1-3H3. The third-order valence-electron chi connectivity index (χ3n) is 3.74. The molecule has 0 unspecified atom stereocenters. The van der Waals surface area contributed by atoms with Gasteiger partial charge in [0.05, 0.1) is 0 Å². The number of amides is 1. The van der Waals surface area contributed by atoms with Crippen LogP contribution in [-0.2, 0) is 13.6 Å². The molecule has 0 saturated heterocycles. The molecular weight excluding hydrogens is 326 g/mol. The molecular formula is C18H22ClN3O2. The highest BCUT2D eigenvalue weighted by Crippen LogP contribution is 2.13. The van der Waals surface area contributed by atoms with Crippen molar-refractivity contribution in [1.82, 2.24) is 14.4 Å². The van der Waals surface area contributed by atoms with Gasteiger partial charge < -0.3 is 14.4 Å². The molecule has 0 aliphatic heterocycles. The highest BCUT2D eigenvalue weighted by molar-refractivity contribution is 6.30. The first kappa shape index (κ1) is 18.2. The van der Waals surface area contributed by atoms with Crippen molar-refractivity contribution in [1.29, 1.82) is 0 Å². The van der Waals surface area contributed by atoms with Crippen molar-refractivity contribution in [3.05, 3.63) is 69.1 Å². The fourth-order valence-electron chi connectivity index (χ4n) is 2.25. The Bertz CT molecular complexity index is 754. The van der Waals surface area contributed by atoms with Gasteiger partial charge in [-0.05, 0) is 37.9 Å². The molecule has 128 valence electrons. The second kappa shape index (κ2) is 8.13. The first-order chi connectivity index (χ1) is 11.4. The Labute approximate surface area is 147 Å². The number of carbonyl (C=O) groups excluding carboxylic acids is 1. The maximum Gasteiger partial charge on any atom is 0.254 e. The van der Waals surface area contributed by atoms with Crippen LogP contribution in [0.15, 0.2) is 47.4 Å². The monoisotopic (exact) mass is 347 g/mol. The maximum absolute atomic E-state index is 12.8. The lowest BCUT2D eigenvalue weighted by molar-refractivity contribution is 0.0731. The van der Waals surface area contributed by atoms with E-state index in [1.54, 1.807) is 24.2 Å². The molecule has 0 aliphatic rings. The van der Waals surface area contributed by atoms with E-state index in [-0.39, 0.29) is 11.5 Å². The molecule has 2 rings (SSSR count). The normalized spacial score (nSPS) is 10.9. The number of aromatic nitrogens is 1. The number of halogens is 1. The lowest BCUT2D eigenvalue weighted by atomic mass is 10.1. The number of hydrogen-bond donors (Lipinski definition) is 0. The smallest absolute Gasteiger partial charge is 0.254 e. The summed E-state index contributed by atoms with van der Waals surface area (Å²) < 4.78 is 1.44. The van der Waals surface area contributed by atoms with Crippen molar-refractivity contribution in [2.75, 3.05) is 27.2 Å². The minimum absolute atomic E-state index is 0.149. The SMILES string of the molecule is CN(C)CCN(Cc1ccc(Cl)cc1)C(=O)c1ccn(C)c(=O)c1. The fraction of sp³-hybridized carbons (Fsp3) is 0.333. The molecule has 1 heterocycles. The number of pyridine rings is 1. The lowest BCUT2D eigenvalue weighted by Gasteiger charge is -2.24. The van der Waals surface area contributed by atoms with Crippen LogP contribution in [0.1, 0.15) is 15.9 Å². The molecule has 0 saturated carbocycles. The quantitative estimate of drug-likeness (QED) is 0.805. The molecule has 0 N–H and O–H groups in total. The minimum atomic E-state index is -0.195. The van der Waals surface area contributed by atoms with Crippen LogP contribution in [0.2, 0.25) is 5.02 Å². The molecule has 0 radical (unpaired) electrons. The second-order valence-corrected chi connectivity index (χ2v) is 6.46. The maximum atomic E-state index is 12.8. The van der Waals surface area contributed by atoms with Gasteiger partial charge in [0.15, 0.2) is 0 Å². The predicted octanol–water partition coefficient (Wildman–Crippen LogP) is 2.24. The number of hydrogen-bond acceptors (Lipinski definition) is 3. The van der Waals surface area contributed by atoms with E-state index in [2.05, 4.69) is 0 Å². The van der Waals surface area contributed by atoms with Crippen LogP contribution >= 0.6 is 11.6 Å². The summed E-state index contributed by atoms with van der Waals surface area (Å²) in [6.07, 6.45) is 1.61. The van der Waals surface area contributed by atoms with E-state index >= 15 is 0 Å². The molecule has 0 fully saturated rings. The average Bonchev–Trinajstić information content (AvgIpc) is 2.55. The number of carbonyl (C=O) groups is 1. The molecule has 5 nitrogen and oxygen atoms in total. The number of benzene rings is 1. The lowest BCUT2D eigenvalue weighted by Crippen LogP contribution is -2.36. The summed E-state index contributed by atoms with van der Waals surface area (Å²) in [5.74, 6) is -0.149. The fourth-order valence-corrected chi connectivity index (χ4v) is 2.37. The Morgan fingerprint density at radius 1 is 1.12 bits per heavy atom. The molecule has 0 bridgehead atoms. The molecule has 0 spiro atoms. The highest BCUT2D eigenvalue weighted by atomic mass is 35.5. The summed E-state index contributed by atoms with van der Waals surface area (Å²) in [6, 6.07) is 10.5. The zero-order valence-corrected chi connectivity index (χ0v) is 15.0. The van der Waals surface area contributed by atoms with Gasteiger partial charge in [0.1, 0.15) is 0 Å². The molecule has 1 aromatic carbocycles. The number of nitrogens with zero attached hydrogens (tertiary/aromatic N) is 3. The molecule has 24 heavy (non-hydrogen) atoms. The first-order valence-corrected chi connectivity index (χ1v) is 8.10. The zero-order valence-electron chi connectivity index (χ0n) is 14.2. The van der Waals surface area contributed by atoms with Gasteiger partial charge in [-0.15, -0.1) is 0 Å². The predicted molar refractivity (Wildman–Crippen MR) is 96.4 cm³/mol. The number of aryl methyl sites for hydroxylation is 1. The molecule has 2 aromatic rings. The zero-order chi connectivity index (χ0) is 17.7. The third kappa shape index (κ3) is 4.94. The topological polar surface area (TPSA) is 45.5 Å². The largest absolute Gasteiger partial charge is 0.333 e. The van der Waals surface area contributed by atoms with Crippen molar-refractivity contribution in [3.8, 4) is 0 Å². The van der Waals surface area contributed by atoms with Gasteiger partial charge in [0, 0.05) is 49.5 Å². The Balaban J connectivity index is 2.23. The van der Waals surface area contributed by atoms with Crippen molar-refractivity contribution in [2.45, 2.75) is 6.54 Å². The second-order valence-electron chi connectivity index (χ2n) is 6.02. The number of likely N-dealkylation sites (N-methyl/N-ethyl adjacent to an activating group) is 1. The summed E-state index contributed by atoms with van der Waals surface area (Å²) in [4.78, 5) is 28.4. The van der Waals surface area contributed by atoms with E-state index in [0.717, 1.165) is 12.1 Å². The van der Waals surface area contributed by atoms with Crippen LogP contribution in [0, 0.1) is 0 Å². The van der Waals surface area contributed by atoms with Crippen molar-refractivity contribution < 1.29 is 4.79 Å². The van der Waals surface area contributed by atoms with Crippen LogP contribution in [0.5, 0.6) is 0 Å². The van der Waals surface area contributed by atoms with Gasteiger partial charge in [0.2, 0.25) is 0 Å². The summed E-state index contributed by atoms with van der Waals surface area (Å²) >= 11 is 5.92. The Kier molecular flexibility index (Phi) is 6.17. The van der Waals surface area contributed by atoms with Gasteiger partial charge in [-0.1, -0.05) is 23.7 Å². The Morgan fingerprint density at radius 2 is 1.79 bits per heavy atom. The molecule has 6 heteroatoms. The summed E-state index contributed by atoms with van der Waals surface area (Å²) in [6.45, 7) is 1.78. The number of rotatable bonds is 6. The van der Waals surface area contributed by atoms with Gasteiger partial charge in [-0.25, -0.2) is 0 Å². The summed E-state index contributed by atoms with van der Waals surface area (Å²) in [5, 5.41) is 0.663. The summed E-state index contributed by atoms with van der Waals surface area (Å²) in [7, 11) is 5.58. The van der Waals surface area contributed by atoms with Gasteiger partial charge in [-0.3, -0.25) is 9.59 Å². The van der Waals surface area contributed by atoms with E-state index in [1.807, 2.05) is 43.3 Å². The van der Waals surface area contributed by atoms with Crippen LogP contribution in [0.3, 0.4) is 0 Å². The summed E-state index contributed by atoms with van der Waals surface area (Å²) in [5.41, 5.74) is 1.21. The average molecular weight is 348 g/mol. The minimum Gasteiger partial charge on any atom is -0.333 e. The van der Waals surface area contributed by atoms with Crippen LogP contribution in [-0.4, -0.2) is 47.5 Å². The van der Waals surface area contributed by atoms with Gasteiger partial charge >= 0.3 is 0 Å². The Hall–Kier alpha value is -2.11. The van der Waals surface area contributed by atoms with Gasteiger partial charge in [0.25, 0.3) is 11.5 Å². The molecule has 1 aromatic heterocycles. The molecule has 1 amide bonds. The third-order valence-corrected chi connectivity index (χ3v) is 3.99. The van der Waals surface area contributed by atoms with E-state index in [0.29, 0.717) is 23.7 Å². The van der Waals surface area contributed by atoms with E-state index in [4.69, 9.17) is 11.6 Å². The van der Waals surface area contributed by atoms with Crippen molar-refractivity contribution >= 4 is 17.5 Å². The highest BCUT2D eigenvalue weighted by Gasteiger charge is 2.17. The molecule has 0 atom stereocenters. The molecule has 0 aliphatic carbocycles. The Morgan fingerprint density at radius 3 is 2.38 bits per heavy atom. The van der Waals surface area contributed by atoms with Crippen LogP contribution in [0.4, 0.5) is 0 Å². The van der Waals surface area contributed by atoms with Crippen LogP contribution in [0.25, 0.3) is 0 Å². The van der Waals surface area contributed by atoms with Crippen LogP contribution < -0.4 is 5.56 Å². The van der Waals surface area contributed by atoms with Crippen molar-refractivity contribution in [2.24, 2.45) is 7.05 Å². The van der Waals surface area contributed by atoms with Gasteiger partial charge in [-0.2, -0.15) is 0 Å². The van der Waals surface area contributed by atoms with Crippen molar-refractivity contribution in [3.63, 3.8) is 0 Å². The first-order valence-electron chi connectivity index (χ1n) is 7.72.